The Morgan fingerprint density at radius 3 is 2.35 bits per heavy atom. The molecule has 17 heavy (non-hydrogen) atoms. The first-order valence-corrected chi connectivity index (χ1v) is 5.53. The van der Waals surface area contributed by atoms with Gasteiger partial charge in [0, 0.05) is 12.1 Å². The van der Waals surface area contributed by atoms with Gasteiger partial charge in [0.2, 0.25) is 5.39 Å². The molecule has 0 saturated carbocycles. The van der Waals surface area contributed by atoms with Crippen molar-refractivity contribution < 1.29 is 4.74 Å². The lowest BCUT2D eigenvalue weighted by Crippen LogP contribution is -1.84. The molecule has 0 bridgehead atoms. The average Bonchev–Trinajstić information content (AvgIpc) is 2.36. The lowest BCUT2D eigenvalue weighted by molar-refractivity contribution is 0.483. The highest BCUT2D eigenvalue weighted by Crippen LogP contribution is 2.34. The number of diazo groups is 1. The Labute approximate surface area is 108 Å². The van der Waals surface area contributed by atoms with E-state index in [4.69, 9.17) is 33.3 Å². The van der Waals surface area contributed by atoms with Gasteiger partial charge in [-0.25, -0.2) is 0 Å². The standard InChI is InChI=1S/C12H7Cl2N2O/c13-10-2-1-3-11(12(10)14)17-9-6-4-8(16-15)5-7-9/h1-7H/q+1. The minimum atomic E-state index is 0.366. The number of nitrogens with zero attached hydrogens (tertiary/aromatic N) is 2. The molecule has 0 unspecified atom stereocenters. The molecule has 2 rings (SSSR count). The highest BCUT2D eigenvalue weighted by atomic mass is 35.5. The number of benzene rings is 2. The van der Waals surface area contributed by atoms with Gasteiger partial charge in [-0.2, -0.15) is 0 Å². The molecule has 0 atom stereocenters. The fourth-order valence-electron chi connectivity index (χ4n) is 1.27. The first-order valence-electron chi connectivity index (χ1n) is 4.78. The Morgan fingerprint density at radius 1 is 1.00 bits per heavy atom. The van der Waals surface area contributed by atoms with Crippen LogP contribution in [0.25, 0.3) is 4.98 Å². The van der Waals surface area contributed by atoms with Gasteiger partial charge in [0.05, 0.1) is 5.02 Å². The maximum absolute atomic E-state index is 8.54. The van der Waals surface area contributed by atoms with Crippen LogP contribution in [0.4, 0.5) is 5.69 Å². The van der Waals surface area contributed by atoms with E-state index in [1.165, 1.54) is 0 Å². The van der Waals surface area contributed by atoms with Gasteiger partial charge < -0.3 is 4.74 Å². The predicted octanol–water partition coefficient (Wildman–Crippen LogP) is 5.27. The Hall–Kier alpha value is -1.76. The smallest absolute Gasteiger partial charge is 0.385 e. The van der Waals surface area contributed by atoms with Crippen LogP contribution in [0.5, 0.6) is 11.5 Å². The first-order chi connectivity index (χ1) is 8.20. The van der Waals surface area contributed by atoms with Crippen LogP contribution >= 0.6 is 23.2 Å². The Bertz CT molecular complexity index is 576. The summed E-state index contributed by atoms with van der Waals surface area (Å²) in [5.74, 6) is 1.06. The lowest BCUT2D eigenvalue weighted by atomic mass is 10.3. The molecule has 84 valence electrons. The quantitative estimate of drug-likeness (QED) is 0.694. The van der Waals surface area contributed by atoms with Crippen molar-refractivity contribution >= 4 is 28.9 Å². The zero-order valence-corrected chi connectivity index (χ0v) is 10.1. The van der Waals surface area contributed by atoms with Crippen molar-refractivity contribution in [3.8, 4) is 11.5 Å². The van der Waals surface area contributed by atoms with Gasteiger partial charge in [-0.15, -0.1) is 0 Å². The molecule has 0 saturated heterocycles. The van der Waals surface area contributed by atoms with E-state index < -0.39 is 0 Å². The normalized spacial score (nSPS) is 9.71. The molecule has 0 aliphatic heterocycles. The molecular formula is C12H7Cl2N2O+. The Morgan fingerprint density at radius 2 is 1.71 bits per heavy atom. The van der Waals surface area contributed by atoms with Crippen LogP contribution in [0.2, 0.25) is 10.0 Å². The van der Waals surface area contributed by atoms with Crippen molar-refractivity contribution in [1.82, 2.24) is 0 Å². The third-order valence-corrected chi connectivity index (χ3v) is 2.90. The van der Waals surface area contributed by atoms with Crippen molar-refractivity contribution in [1.29, 1.82) is 5.39 Å². The summed E-state index contributed by atoms with van der Waals surface area (Å²) in [7, 11) is 0. The van der Waals surface area contributed by atoms with E-state index in [-0.39, 0.29) is 0 Å². The summed E-state index contributed by atoms with van der Waals surface area (Å²) < 4.78 is 5.55. The van der Waals surface area contributed by atoms with Crippen LogP contribution in [-0.2, 0) is 0 Å². The molecule has 3 nitrogen and oxygen atoms in total. The second-order valence-corrected chi connectivity index (χ2v) is 4.03. The third kappa shape index (κ3) is 2.68. The number of ether oxygens (including phenoxy) is 1. The lowest BCUT2D eigenvalue weighted by Gasteiger charge is -2.07. The summed E-state index contributed by atoms with van der Waals surface area (Å²) in [6, 6.07) is 11.7. The van der Waals surface area contributed by atoms with Crippen molar-refractivity contribution in [3.63, 3.8) is 0 Å². The van der Waals surface area contributed by atoms with E-state index in [0.717, 1.165) is 0 Å². The van der Waals surface area contributed by atoms with Crippen molar-refractivity contribution in [3.05, 3.63) is 57.5 Å². The topological polar surface area (TPSA) is 37.4 Å². The number of hydrogen-bond acceptors (Lipinski definition) is 2. The summed E-state index contributed by atoms with van der Waals surface area (Å²) >= 11 is 11.9. The van der Waals surface area contributed by atoms with Gasteiger partial charge in [0.15, 0.2) is 4.98 Å². The zero-order chi connectivity index (χ0) is 12.3. The van der Waals surface area contributed by atoms with Crippen LogP contribution < -0.4 is 4.74 Å². The fourth-order valence-corrected chi connectivity index (χ4v) is 1.60. The highest BCUT2D eigenvalue weighted by Gasteiger charge is 2.08. The van der Waals surface area contributed by atoms with Gasteiger partial charge in [0.1, 0.15) is 16.5 Å². The number of halogens is 2. The van der Waals surface area contributed by atoms with Crippen LogP contribution in [0.1, 0.15) is 0 Å². The minimum Gasteiger partial charge on any atom is -0.456 e. The largest absolute Gasteiger partial charge is 0.456 e. The van der Waals surface area contributed by atoms with E-state index in [1.807, 2.05) is 0 Å². The molecule has 0 aromatic heterocycles. The van der Waals surface area contributed by atoms with E-state index in [1.54, 1.807) is 42.5 Å². The second kappa shape index (κ2) is 5.05. The summed E-state index contributed by atoms with van der Waals surface area (Å²) in [5, 5.41) is 9.35. The second-order valence-electron chi connectivity index (χ2n) is 3.25. The third-order valence-electron chi connectivity index (χ3n) is 2.10. The van der Waals surface area contributed by atoms with Crippen LogP contribution in [-0.4, -0.2) is 0 Å². The summed E-state index contributed by atoms with van der Waals surface area (Å²) in [6.45, 7) is 0. The Balaban J connectivity index is 2.26. The van der Waals surface area contributed by atoms with Crippen molar-refractivity contribution in [2.24, 2.45) is 0 Å². The van der Waals surface area contributed by atoms with Crippen molar-refractivity contribution in [2.45, 2.75) is 0 Å². The average molecular weight is 266 g/mol. The van der Waals surface area contributed by atoms with Gasteiger partial charge in [-0.3, -0.25) is 0 Å². The van der Waals surface area contributed by atoms with E-state index in [9.17, 15) is 0 Å². The molecular weight excluding hydrogens is 259 g/mol. The fraction of sp³-hybridized carbons (Fsp3) is 0. The Kier molecular flexibility index (Phi) is 3.48. The summed E-state index contributed by atoms with van der Waals surface area (Å²) in [5.41, 5.74) is 0.453. The maximum Gasteiger partial charge on any atom is 0.385 e. The zero-order valence-electron chi connectivity index (χ0n) is 8.60. The van der Waals surface area contributed by atoms with Crippen LogP contribution in [0.3, 0.4) is 0 Å². The molecule has 0 fully saturated rings. The molecule has 0 spiro atoms. The number of rotatable bonds is 2. The highest BCUT2D eigenvalue weighted by molar-refractivity contribution is 6.42. The van der Waals surface area contributed by atoms with Crippen LogP contribution in [0.15, 0.2) is 42.5 Å². The van der Waals surface area contributed by atoms with Gasteiger partial charge in [0.25, 0.3) is 0 Å². The molecule has 0 heterocycles. The van der Waals surface area contributed by atoms with Gasteiger partial charge in [-0.1, -0.05) is 29.3 Å². The first kappa shape index (κ1) is 11.7. The summed E-state index contributed by atoms with van der Waals surface area (Å²) in [4.78, 5) is 3.05. The SMILES string of the molecule is N#[N+]c1ccc(Oc2cccc(Cl)c2Cl)cc1. The van der Waals surface area contributed by atoms with E-state index in [0.29, 0.717) is 27.2 Å². The van der Waals surface area contributed by atoms with Gasteiger partial charge >= 0.3 is 5.69 Å². The minimum absolute atomic E-state index is 0.366. The van der Waals surface area contributed by atoms with E-state index >= 15 is 0 Å². The molecule has 0 N–H and O–H groups in total. The molecule has 0 amide bonds. The predicted molar refractivity (Wildman–Crippen MR) is 67.7 cm³/mol. The molecule has 5 heteroatoms. The monoisotopic (exact) mass is 265 g/mol. The molecule has 0 aliphatic rings. The molecule has 2 aromatic carbocycles. The molecule has 2 aromatic rings. The van der Waals surface area contributed by atoms with E-state index in [2.05, 4.69) is 4.98 Å². The molecule has 0 aliphatic carbocycles. The molecule has 0 radical (unpaired) electrons. The van der Waals surface area contributed by atoms with Crippen LogP contribution in [0, 0.1) is 5.39 Å². The van der Waals surface area contributed by atoms with Crippen molar-refractivity contribution in [2.75, 3.05) is 0 Å². The van der Waals surface area contributed by atoms with Gasteiger partial charge in [-0.05, 0) is 24.3 Å². The summed E-state index contributed by atoms with van der Waals surface area (Å²) in [6.07, 6.45) is 0. The number of hydrogen-bond donors (Lipinski definition) is 0. The maximum atomic E-state index is 8.54.